The summed E-state index contributed by atoms with van der Waals surface area (Å²) in [7, 11) is 0. The highest BCUT2D eigenvalue weighted by atomic mass is 35.5. The Kier molecular flexibility index (Phi) is 7.02. The van der Waals surface area contributed by atoms with Gasteiger partial charge in [-0.15, -0.1) is 11.3 Å². The van der Waals surface area contributed by atoms with Gasteiger partial charge in [-0.2, -0.15) is 0 Å². The molecule has 0 fully saturated rings. The summed E-state index contributed by atoms with van der Waals surface area (Å²) in [6.07, 6.45) is 1.79. The van der Waals surface area contributed by atoms with Crippen molar-refractivity contribution in [3.63, 3.8) is 0 Å². The maximum atomic E-state index is 12.4. The summed E-state index contributed by atoms with van der Waals surface area (Å²) in [6.45, 7) is 4.42. The summed E-state index contributed by atoms with van der Waals surface area (Å²) >= 11 is 7.35. The van der Waals surface area contributed by atoms with Crippen LogP contribution < -0.4 is 10.6 Å². The molecule has 2 rings (SSSR count). The van der Waals surface area contributed by atoms with Crippen LogP contribution in [0.3, 0.4) is 0 Å². The maximum Gasteiger partial charge on any atom is 0.261 e. The molecule has 0 saturated heterocycles. The molecule has 6 heteroatoms. The maximum absolute atomic E-state index is 12.4. The molecular weight excluding hydrogens is 356 g/mol. The number of carbonyl (C=O) groups excluding carboxylic acids is 2. The zero-order valence-corrected chi connectivity index (χ0v) is 16.0. The number of hydrogen-bond acceptors (Lipinski definition) is 3. The lowest BCUT2D eigenvalue weighted by atomic mass is 9.84. The molecule has 0 aliphatic heterocycles. The Balaban J connectivity index is 1.93. The molecule has 4 nitrogen and oxygen atoms in total. The Morgan fingerprint density at radius 3 is 2.36 bits per heavy atom. The zero-order valence-electron chi connectivity index (χ0n) is 14.5. The number of carbonyl (C=O) groups is 2. The van der Waals surface area contributed by atoms with Crippen LogP contribution in [-0.4, -0.2) is 18.4 Å². The highest BCUT2D eigenvalue weighted by Crippen LogP contribution is 2.29. The second kappa shape index (κ2) is 9.02. The highest BCUT2D eigenvalue weighted by molar-refractivity contribution is 7.12. The fourth-order valence-electron chi connectivity index (χ4n) is 2.79. The zero-order chi connectivity index (χ0) is 18.3. The largest absolute Gasteiger partial charge is 0.351 e. The number of hydrogen-bond donors (Lipinski definition) is 2. The van der Waals surface area contributed by atoms with Crippen molar-refractivity contribution in [3.05, 3.63) is 57.2 Å². The fraction of sp³-hybridized carbons (Fsp3) is 0.368. The quantitative estimate of drug-likeness (QED) is 0.717. The number of benzene rings is 1. The van der Waals surface area contributed by atoms with E-state index in [-0.39, 0.29) is 18.2 Å². The van der Waals surface area contributed by atoms with E-state index in [2.05, 4.69) is 24.5 Å². The van der Waals surface area contributed by atoms with Gasteiger partial charge in [0.25, 0.3) is 5.91 Å². The normalized spacial score (nSPS) is 11.2. The predicted octanol–water partition coefficient (Wildman–Crippen LogP) is 4.35. The first kappa shape index (κ1) is 19.5. The van der Waals surface area contributed by atoms with Crippen molar-refractivity contribution in [1.82, 2.24) is 10.6 Å². The minimum Gasteiger partial charge on any atom is -0.351 e. The molecule has 1 aromatic heterocycles. The third-order valence-corrected chi connectivity index (χ3v) is 5.49. The molecule has 2 N–H and O–H groups in total. The van der Waals surface area contributed by atoms with Gasteiger partial charge in [-0.3, -0.25) is 9.59 Å². The number of rotatable bonds is 8. The van der Waals surface area contributed by atoms with Gasteiger partial charge in [0.1, 0.15) is 0 Å². The molecule has 134 valence electrons. The van der Waals surface area contributed by atoms with Crippen LogP contribution in [0.1, 0.15) is 48.3 Å². The van der Waals surface area contributed by atoms with Gasteiger partial charge >= 0.3 is 0 Å². The van der Waals surface area contributed by atoms with E-state index in [0.29, 0.717) is 16.4 Å². The summed E-state index contributed by atoms with van der Waals surface area (Å²) < 4.78 is 0. The third kappa shape index (κ3) is 5.06. The van der Waals surface area contributed by atoms with Crippen molar-refractivity contribution >= 4 is 34.8 Å². The predicted molar refractivity (Wildman–Crippen MR) is 103 cm³/mol. The molecule has 0 spiro atoms. The van der Waals surface area contributed by atoms with E-state index in [9.17, 15) is 9.59 Å². The first-order valence-electron chi connectivity index (χ1n) is 8.39. The lowest BCUT2D eigenvalue weighted by Gasteiger charge is -2.33. The Morgan fingerprint density at radius 2 is 1.80 bits per heavy atom. The van der Waals surface area contributed by atoms with Crippen LogP contribution in [0.25, 0.3) is 0 Å². The molecule has 25 heavy (non-hydrogen) atoms. The van der Waals surface area contributed by atoms with E-state index in [1.165, 1.54) is 11.3 Å². The third-order valence-electron chi connectivity index (χ3n) is 4.37. The van der Waals surface area contributed by atoms with Crippen LogP contribution in [0.2, 0.25) is 5.02 Å². The van der Waals surface area contributed by atoms with Crippen LogP contribution in [0.15, 0.2) is 41.8 Å². The van der Waals surface area contributed by atoms with Crippen molar-refractivity contribution in [3.8, 4) is 0 Å². The van der Waals surface area contributed by atoms with Crippen LogP contribution in [0.5, 0.6) is 0 Å². The lowest BCUT2D eigenvalue weighted by Crippen LogP contribution is -2.45. The molecule has 2 aromatic rings. The molecule has 2 amide bonds. The van der Waals surface area contributed by atoms with E-state index in [1.807, 2.05) is 35.7 Å². The number of nitrogens with one attached hydrogen (secondary N) is 2. The van der Waals surface area contributed by atoms with E-state index in [4.69, 9.17) is 11.6 Å². The average molecular weight is 379 g/mol. The Hall–Kier alpha value is -1.85. The second-order valence-corrected chi connectivity index (χ2v) is 7.21. The van der Waals surface area contributed by atoms with E-state index in [0.717, 1.165) is 18.4 Å². The second-order valence-electron chi connectivity index (χ2n) is 5.83. The molecule has 0 aliphatic carbocycles. The number of halogens is 1. The first-order chi connectivity index (χ1) is 12.0. The fourth-order valence-corrected chi connectivity index (χ4v) is 3.56. The highest BCUT2D eigenvalue weighted by Gasteiger charge is 2.30. The van der Waals surface area contributed by atoms with E-state index < -0.39 is 5.54 Å². The SMILES string of the molecule is CCC(CC)(NC(=O)CCNC(=O)c1cccs1)c1ccc(Cl)cc1. The molecule has 0 atom stereocenters. The van der Waals surface area contributed by atoms with Gasteiger partial charge in [-0.05, 0) is 42.0 Å². The molecule has 1 heterocycles. The van der Waals surface area contributed by atoms with Crippen LogP contribution >= 0.6 is 22.9 Å². The molecular formula is C19H23ClN2O2S. The van der Waals surface area contributed by atoms with Gasteiger partial charge in [-0.1, -0.05) is 43.6 Å². The van der Waals surface area contributed by atoms with E-state index >= 15 is 0 Å². The van der Waals surface area contributed by atoms with Crippen molar-refractivity contribution in [2.75, 3.05) is 6.54 Å². The summed E-state index contributed by atoms with van der Waals surface area (Å²) in [4.78, 5) is 24.9. The lowest BCUT2D eigenvalue weighted by molar-refractivity contribution is -0.123. The topological polar surface area (TPSA) is 58.2 Å². The van der Waals surface area contributed by atoms with Crippen molar-refractivity contribution < 1.29 is 9.59 Å². The minimum atomic E-state index is -0.417. The van der Waals surface area contributed by atoms with Gasteiger partial charge in [0, 0.05) is 18.0 Å². The summed E-state index contributed by atoms with van der Waals surface area (Å²) in [5.74, 6) is -0.220. The molecule has 0 radical (unpaired) electrons. The van der Waals surface area contributed by atoms with Gasteiger partial charge in [0.2, 0.25) is 5.91 Å². The molecule has 1 aromatic carbocycles. The monoisotopic (exact) mass is 378 g/mol. The molecule has 0 aliphatic rings. The van der Waals surface area contributed by atoms with Crippen LogP contribution in [0.4, 0.5) is 0 Å². The van der Waals surface area contributed by atoms with Crippen molar-refractivity contribution in [2.45, 2.75) is 38.6 Å². The Labute approximate surface area is 157 Å². The average Bonchev–Trinajstić information content (AvgIpc) is 3.15. The van der Waals surface area contributed by atoms with Crippen molar-refractivity contribution in [1.29, 1.82) is 0 Å². The summed E-state index contributed by atoms with van der Waals surface area (Å²) in [5, 5.41) is 8.45. The van der Waals surface area contributed by atoms with Gasteiger partial charge in [0.05, 0.1) is 10.4 Å². The summed E-state index contributed by atoms with van der Waals surface area (Å²) in [6, 6.07) is 11.2. The number of amides is 2. The number of thiophene rings is 1. The molecule has 0 bridgehead atoms. The Bertz CT molecular complexity index is 695. The van der Waals surface area contributed by atoms with Gasteiger partial charge in [-0.25, -0.2) is 0 Å². The van der Waals surface area contributed by atoms with Crippen LogP contribution in [-0.2, 0) is 10.3 Å². The first-order valence-corrected chi connectivity index (χ1v) is 9.65. The van der Waals surface area contributed by atoms with Crippen LogP contribution in [0, 0.1) is 0 Å². The standard InChI is InChI=1S/C19H23ClN2O2S/c1-3-19(4-2,14-7-9-15(20)10-8-14)22-17(23)11-12-21-18(24)16-6-5-13-25-16/h5-10,13H,3-4,11-12H2,1-2H3,(H,21,24)(H,22,23). The summed E-state index contributed by atoms with van der Waals surface area (Å²) in [5.41, 5.74) is 0.622. The van der Waals surface area contributed by atoms with Gasteiger partial charge < -0.3 is 10.6 Å². The van der Waals surface area contributed by atoms with Crippen molar-refractivity contribution in [2.24, 2.45) is 0 Å². The van der Waals surface area contributed by atoms with E-state index in [1.54, 1.807) is 6.07 Å². The Morgan fingerprint density at radius 1 is 1.12 bits per heavy atom. The molecule has 0 saturated carbocycles. The van der Waals surface area contributed by atoms with Gasteiger partial charge in [0.15, 0.2) is 0 Å². The smallest absolute Gasteiger partial charge is 0.261 e. The minimum absolute atomic E-state index is 0.0786. The molecule has 0 unspecified atom stereocenters.